The zero-order valence-electron chi connectivity index (χ0n) is 8.87. The molecule has 1 saturated carbocycles. The lowest BCUT2D eigenvalue weighted by Gasteiger charge is -2.10. The first kappa shape index (κ1) is 11.0. The van der Waals surface area contributed by atoms with Gasteiger partial charge in [0.1, 0.15) is 5.75 Å². The Hall–Kier alpha value is -0.540. The fraction of sp³-hybridized carbons (Fsp3) is 0.500. The zero-order valence-corrected chi connectivity index (χ0v) is 10.5. The molecule has 1 aliphatic carbocycles. The third-order valence-corrected chi connectivity index (χ3v) is 2.99. The first-order chi connectivity index (χ1) is 7.15. The number of ether oxygens (including phenoxy) is 1. The summed E-state index contributed by atoms with van der Waals surface area (Å²) in [6, 6.07) is 6.42. The van der Waals surface area contributed by atoms with Crippen LogP contribution >= 0.6 is 15.9 Å². The number of rotatable bonds is 4. The third-order valence-electron chi connectivity index (χ3n) is 2.37. The predicted octanol–water partition coefficient (Wildman–Crippen LogP) is 2.88. The highest BCUT2D eigenvalue weighted by atomic mass is 79.9. The molecule has 0 aliphatic heterocycles. The molecule has 0 amide bonds. The van der Waals surface area contributed by atoms with E-state index in [-0.39, 0.29) is 6.04 Å². The van der Waals surface area contributed by atoms with Crippen molar-refractivity contribution in [2.24, 2.45) is 5.73 Å². The molecule has 1 aromatic carbocycles. The minimum Gasteiger partial charge on any atom is -0.489 e. The van der Waals surface area contributed by atoms with Gasteiger partial charge < -0.3 is 10.5 Å². The normalized spacial score (nSPS) is 17.5. The number of hydrogen-bond donors (Lipinski definition) is 1. The maximum Gasteiger partial charge on any atom is 0.133 e. The number of benzene rings is 1. The average Bonchev–Trinajstić information content (AvgIpc) is 2.92. The molecule has 2 nitrogen and oxygen atoms in total. The van der Waals surface area contributed by atoms with Crippen LogP contribution < -0.4 is 10.5 Å². The Morgan fingerprint density at radius 1 is 1.53 bits per heavy atom. The van der Waals surface area contributed by atoms with Gasteiger partial charge in [-0.15, -0.1) is 0 Å². The van der Waals surface area contributed by atoms with E-state index in [9.17, 15) is 0 Å². The van der Waals surface area contributed by atoms with Crippen molar-refractivity contribution in [1.82, 2.24) is 0 Å². The number of halogens is 1. The molecule has 0 heterocycles. The van der Waals surface area contributed by atoms with Crippen molar-refractivity contribution in [3.63, 3.8) is 0 Å². The monoisotopic (exact) mass is 269 g/mol. The lowest BCUT2D eigenvalue weighted by molar-refractivity contribution is 0.301. The molecule has 1 fully saturated rings. The van der Waals surface area contributed by atoms with Gasteiger partial charge in [0.2, 0.25) is 0 Å². The smallest absolute Gasteiger partial charge is 0.133 e. The summed E-state index contributed by atoms with van der Waals surface area (Å²) in [5.74, 6) is 0.950. The Kier molecular flexibility index (Phi) is 3.32. The summed E-state index contributed by atoms with van der Waals surface area (Å²) in [5.41, 5.74) is 7.01. The van der Waals surface area contributed by atoms with Crippen LogP contribution in [0, 0.1) is 0 Å². The molecule has 82 valence electrons. The van der Waals surface area contributed by atoms with Crippen LogP contribution in [0.25, 0.3) is 0 Å². The highest BCUT2D eigenvalue weighted by Crippen LogP contribution is 2.32. The number of nitrogens with two attached hydrogens (primary N) is 1. The van der Waals surface area contributed by atoms with Crippen LogP contribution in [-0.4, -0.2) is 12.1 Å². The molecule has 2 rings (SSSR count). The molecule has 1 unspecified atom stereocenters. The summed E-state index contributed by atoms with van der Waals surface area (Å²) >= 11 is 3.53. The molecule has 0 saturated heterocycles. The highest BCUT2D eigenvalue weighted by Gasteiger charge is 2.24. The second kappa shape index (κ2) is 4.54. The van der Waals surface area contributed by atoms with Gasteiger partial charge in [-0.1, -0.05) is 6.07 Å². The van der Waals surface area contributed by atoms with Gasteiger partial charge in [0.15, 0.2) is 0 Å². The lowest BCUT2D eigenvalue weighted by atomic mass is 10.1. The van der Waals surface area contributed by atoms with E-state index in [1.807, 2.05) is 13.0 Å². The molecule has 0 aromatic heterocycles. The Labute approximate surface area is 98.9 Å². The fourth-order valence-electron chi connectivity index (χ4n) is 1.50. The van der Waals surface area contributed by atoms with E-state index in [4.69, 9.17) is 10.5 Å². The van der Waals surface area contributed by atoms with Crippen LogP contribution in [0.15, 0.2) is 22.7 Å². The van der Waals surface area contributed by atoms with Gasteiger partial charge >= 0.3 is 0 Å². The van der Waals surface area contributed by atoms with E-state index in [2.05, 4.69) is 28.1 Å². The standard InChI is InChI=1S/C12H16BrNO/c1-8(14)6-9-2-5-12(11(13)7-9)15-10-3-4-10/h2,5,7-8,10H,3-4,6,14H2,1H3. The first-order valence-electron chi connectivity index (χ1n) is 5.36. The Balaban J connectivity index is 2.07. The molecule has 0 bridgehead atoms. The van der Waals surface area contributed by atoms with Gasteiger partial charge in [0.25, 0.3) is 0 Å². The van der Waals surface area contributed by atoms with Crippen molar-refractivity contribution in [1.29, 1.82) is 0 Å². The minimum atomic E-state index is 0.201. The van der Waals surface area contributed by atoms with Crippen LogP contribution in [0.5, 0.6) is 5.75 Å². The lowest BCUT2D eigenvalue weighted by Crippen LogP contribution is -2.17. The molecule has 15 heavy (non-hydrogen) atoms. The van der Waals surface area contributed by atoms with Crippen LogP contribution in [0.2, 0.25) is 0 Å². The van der Waals surface area contributed by atoms with Gasteiger partial charge in [-0.05, 0) is 59.8 Å². The molecule has 3 heteroatoms. The fourth-order valence-corrected chi connectivity index (χ4v) is 2.02. The van der Waals surface area contributed by atoms with Gasteiger partial charge in [0, 0.05) is 6.04 Å². The SMILES string of the molecule is CC(N)Cc1ccc(OC2CC2)c(Br)c1. The average molecular weight is 270 g/mol. The highest BCUT2D eigenvalue weighted by molar-refractivity contribution is 9.10. The van der Waals surface area contributed by atoms with Crippen molar-refractivity contribution >= 4 is 15.9 Å². The third kappa shape index (κ3) is 3.21. The molecule has 0 radical (unpaired) electrons. The number of hydrogen-bond acceptors (Lipinski definition) is 2. The molecule has 1 aromatic rings. The van der Waals surface area contributed by atoms with Gasteiger partial charge in [-0.3, -0.25) is 0 Å². The maximum absolute atomic E-state index is 5.76. The minimum absolute atomic E-state index is 0.201. The second-order valence-electron chi connectivity index (χ2n) is 4.26. The van der Waals surface area contributed by atoms with Crippen molar-refractivity contribution in [3.05, 3.63) is 28.2 Å². The Morgan fingerprint density at radius 2 is 2.27 bits per heavy atom. The van der Waals surface area contributed by atoms with Crippen molar-refractivity contribution < 1.29 is 4.74 Å². The molecule has 0 spiro atoms. The van der Waals surface area contributed by atoms with E-state index < -0.39 is 0 Å². The largest absolute Gasteiger partial charge is 0.489 e. The molecular formula is C12H16BrNO. The van der Waals surface area contributed by atoms with Crippen molar-refractivity contribution in [2.75, 3.05) is 0 Å². The first-order valence-corrected chi connectivity index (χ1v) is 6.15. The van der Waals surface area contributed by atoms with E-state index in [1.165, 1.54) is 18.4 Å². The van der Waals surface area contributed by atoms with E-state index in [0.29, 0.717) is 6.10 Å². The summed E-state index contributed by atoms with van der Waals surface area (Å²) in [6.07, 6.45) is 3.73. The zero-order chi connectivity index (χ0) is 10.8. The Bertz CT molecular complexity index is 347. The second-order valence-corrected chi connectivity index (χ2v) is 5.12. The van der Waals surface area contributed by atoms with Crippen LogP contribution in [0.1, 0.15) is 25.3 Å². The van der Waals surface area contributed by atoms with Crippen molar-refractivity contribution in [2.45, 2.75) is 38.3 Å². The maximum atomic E-state index is 5.76. The summed E-state index contributed by atoms with van der Waals surface area (Å²) in [5, 5.41) is 0. The van der Waals surface area contributed by atoms with Gasteiger partial charge in [-0.25, -0.2) is 0 Å². The molecule has 1 aliphatic rings. The van der Waals surface area contributed by atoms with Gasteiger partial charge in [-0.2, -0.15) is 0 Å². The quantitative estimate of drug-likeness (QED) is 0.913. The van der Waals surface area contributed by atoms with Crippen molar-refractivity contribution in [3.8, 4) is 5.75 Å². The van der Waals surface area contributed by atoms with Crippen LogP contribution in [0.4, 0.5) is 0 Å². The Morgan fingerprint density at radius 3 is 2.80 bits per heavy atom. The van der Waals surface area contributed by atoms with E-state index in [1.54, 1.807) is 0 Å². The summed E-state index contributed by atoms with van der Waals surface area (Å²) in [4.78, 5) is 0. The van der Waals surface area contributed by atoms with E-state index in [0.717, 1.165) is 16.6 Å². The summed E-state index contributed by atoms with van der Waals surface area (Å²) in [6.45, 7) is 2.02. The van der Waals surface area contributed by atoms with E-state index >= 15 is 0 Å². The molecule has 2 N–H and O–H groups in total. The summed E-state index contributed by atoms with van der Waals surface area (Å²) in [7, 11) is 0. The van der Waals surface area contributed by atoms with Crippen LogP contribution in [-0.2, 0) is 6.42 Å². The molecule has 1 atom stereocenters. The predicted molar refractivity (Wildman–Crippen MR) is 65.1 cm³/mol. The molecular weight excluding hydrogens is 254 g/mol. The topological polar surface area (TPSA) is 35.2 Å². The van der Waals surface area contributed by atoms with Crippen LogP contribution in [0.3, 0.4) is 0 Å². The summed E-state index contributed by atoms with van der Waals surface area (Å²) < 4.78 is 6.77. The van der Waals surface area contributed by atoms with Gasteiger partial charge in [0.05, 0.1) is 10.6 Å².